The van der Waals surface area contributed by atoms with Crippen molar-refractivity contribution < 1.29 is 8.42 Å². The minimum atomic E-state index is -3.36. The van der Waals surface area contributed by atoms with E-state index in [4.69, 9.17) is 0 Å². The molecule has 1 aromatic heterocycles. The van der Waals surface area contributed by atoms with Crippen molar-refractivity contribution in [2.24, 2.45) is 0 Å². The number of rotatable bonds is 4. The van der Waals surface area contributed by atoms with Crippen molar-refractivity contribution >= 4 is 22.4 Å². The lowest BCUT2D eigenvalue weighted by Crippen LogP contribution is -2.48. The maximum absolute atomic E-state index is 12.6. The van der Waals surface area contributed by atoms with Crippen LogP contribution in [0.15, 0.2) is 60.7 Å². The summed E-state index contributed by atoms with van der Waals surface area (Å²) in [6, 6.07) is 19.9. The van der Waals surface area contributed by atoms with Crippen molar-refractivity contribution in [3.8, 4) is 11.3 Å². The second-order valence-electron chi connectivity index (χ2n) is 7.82. The van der Waals surface area contributed by atoms with Crippen LogP contribution in [0.2, 0.25) is 0 Å². The standard InChI is InChI=1S/C21H23N5O2S.ClH/c1-29(27,28)25-15-20-21(17-10-6-3-7-11-17)22-23-26(20)19-14-24(13-18(19)25)12-16-8-4-2-5-9-16;/h2-11,18-19H,12-15H2,1H3;1H/t18-,19-;/m1./s1. The number of likely N-dealkylation sites (tertiary alicyclic amines) is 1. The number of nitrogens with zero attached hydrogens (tertiary/aromatic N) is 5. The molecule has 2 aliphatic rings. The highest BCUT2D eigenvalue weighted by atomic mass is 35.5. The summed E-state index contributed by atoms with van der Waals surface area (Å²) in [6.45, 7) is 2.53. The van der Waals surface area contributed by atoms with Gasteiger partial charge < -0.3 is 0 Å². The normalized spacial score (nSPS) is 21.6. The Morgan fingerprint density at radius 1 is 0.967 bits per heavy atom. The zero-order chi connectivity index (χ0) is 20.0. The molecule has 2 aromatic carbocycles. The fraction of sp³-hybridized carbons (Fsp3) is 0.333. The maximum atomic E-state index is 12.6. The number of hydrogen-bond acceptors (Lipinski definition) is 5. The van der Waals surface area contributed by atoms with Gasteiger partial charge in [-0.3, -0.25) is 4.90 Å². The Labute approximate surface area is 182 Å². The minimum Gasteiger partial charge on any atom is -0.295 e. The summed E-state index contributed by atoms with van der Waals surface area (Å²) in [4.78, 5) is 2.31. The average molecular weight is 446 g/mol. The fourth-order valence-electron chi connectivity index (χ4n) is 4.52. The molecule has 3 aromatic rings. The van der Waals surface area contributed by atoms with Crippen molar-refractivity contribution in [3.05, 3.63) is 71.9 Å². The van der Waals surface area contributed by atoms with E-state index in [1.54, 1.807) is 4.31 Å². The van der Waals surface area contributed by atoms with Gasteiger partial charge in [0, 0.05) is 25.2 Å². The zero-order valence-corrected chi connectivity index (χ0v) is 18.3. The predicted molar refractivity (Wildman–Crippen MR) is 118 cm³/mol. The smallest absolute Gasteiger partial charge is 0.211 e. The van der Waals surface area contributed by atoms with Crippen molar-refractivity contribution in [3.63, 3.8) is 0 Å². The zero-order valence-electron chi connectivity index (χ0n) is 16.6. The Hall–Kier alpha value is -2.26. The van der Waals surface area contributed by atoms with Crippen LogP contribution in [0.3, 0.4) is 0 Å². The second kappa shape index (κ2) is 8.11. The number of benzene rings is 2. The Bertz CT molecular complexity index is 1120. The first kappa shape index (κ1) is 21.0. The van der Waals surface area contributed by atoms with E-state index in [0.29, 0.717) is 13.1 Å². The van der Waals surface area contributed by atoms with E-state index in [0.717, 1.165) is 30.0 Å². The van der Waals surface area contributed by atoms with Crippen LogP contribution in [-0.2, 0) is 23.1 Å². The van der Waals surface area contributed by atoms with E-state index in [2.05, 4.69) is 27.3 Å². The summed E-state index contributed by atoms with van der Waals surface area (Å²) in [7, 11) is -3.36. The molecule has 158 valence electrons. The Balaban J connectivity index is 0.00000218. The number of hydrogen-bond donors (Lipinski definition) is 0. The number of fused-ring (bicyclic) bond motifs is 3. The Kier molecular flexibility index (Phi) is 5.67. The number of sulfonamides is 1. The van der Waals surface area contributed by atoms with Gasteiger partial charge in [-0.25, -0.2) is 13.1 Å². The SMILES string of the molecule is CS(=O)(=O)N1Cc2c(-c3ccccc3)nnn2[C@@H]2CN(Cc3ccccc3)C[C@H]21.Cl. The largest absolute Gasteiger partial charge is 0.295 e. The molecular weight excluding hydrogens is 422 g/mol. The van der Waals surface area contributed by atoms with Crippen LogP contribution in [0.1, 0.15) is 17.3 Å². The number of aromatic nitrogens is 3. The van der Waals surface area contributed by atoms with Crippen LogP contribution < -0.4 is 0 Å². The third-order valence-electron chi connectivity index (χ3n) is 5.84. The first-order valence-corrected chi connectivity index (χ1v) is 11.6. The van der Waals surface area contributed by atoms with Crippen molar-refractivity contribution in [2.45, 2.75) is 25.2 Å². The van der Waals surface area contributed by atoms with Crippen molar-refractivity contribution in [2.75, 3.05) is 19.3 Å². The van der Waals surface area contributed by atoms with E-state index in [1.807, 2.05) is 53.2 Å². The molecular formula is C21H24ClN5O2S. The highest BCUT2D eigenvalue weighted by molar-refractivity contribution is 7.88. The second-order valence-corrected chi connectivity index (χ2v) is 9.75. The summed E-state index contributed by atoms with van der Waals surface area (Å²) < 4.78 is 28.9. The molecule has 0 aliphatic carbocycles. The van der Waals surface area contributed by atoms with Gasteiger partial charge in [-0.2, -0.15) is 4.31 Å². The molecule has 9 heteroatoms. The Morgan fingerprint density at radius 3 is 2.27 bits per heavy atom. The van der Waals surface area contributed by atoms with Gasteiger partial charge in [-0.15, -0.1) is 17.5 Å². The van der Waals surface area contributed by atoms with Gasteiger partial charge in [0.15, 0.2) is 0 Å². The van der Waals surface area contributed by atoms with Crippen molar-refractivity contribution in [1.29, 1.82) is 0 Å². The molecule has 0 saturated carbocycles. The Morgan fingerprint density at radius 2 is 1.60 bits per heavy atom. The van der Waals surface area contributed by atoms with E-state index in [9.17, 15) is 8.42 Å². The lowest BCUT2D eigenvalue weighted by atomic mass is 10.1. The van der Waals surface area contributed by atoms with Crippen LogP contribution in [0.4, 0.5) is 0 Å². The summed E-state index contributed by atoms with van der Waals surface area (Å²) in [5.74, 6) is 0. The summed E-state index contributed by atoms with van der Waals surface area (Å²) in [6.07, 6.45) is 1.30. The summed E-state index contributed by atoms with van der Waals surface area (Å²) in [5, 5.41) is 8.88. The molecule has 0 bridgehead atoms. The predicted octanol–water partition coefficient (Wildman–Crippen LogP) is 2.57. The third-order valence-corrected chi connectivity index (χ3v) is 7.09. The van der Waals surface area contributed by atoms with Crippen LogP contribution in [0.25, 0.3) is 11.3 Å². The quantitative estimate of drug-likeness (QED) is 0.617. The molecule has 7 nitrogen and oxygen atoms in total. The molecule has 30 heavy (non-hydrogen) atoms. The molecule has 0 amide bonds. The summed E-state index contributed by atoms with van der Waals surface area (Å²) in [5.41, 5.74) is 3.81. The molecule has 0 unspecified atom stereocenters. The molecule has 3 heterocycles. The molecule has 5 rings (SSSR count). The van der Waals surface area contributed by atoms with Gasteiger partial charge in [0.2, 0.25) is 10.0 Å². The lowest BCUT2D eigenvalue weighted by molar-refractivity contribution is 0.216. The van der Waals surface area contributed by atoms with Gasteiger partial charge in [0.1, 0.15) is 5.69 Å². The molecule has 2 atom stereocenters. The molecule has 0 spiro atoms. The fourth-order valence-corrected chi connectivity index (χ4v) is 5.57. The first-order valence-electron chi connectivity index (χ1n) is 9.73. The minimum absolute atomic E-state index is 0. The average Bonchev–Trinajstić information content (AvgIpc) is 3.31. The van der Waals surface area contributed by atoms with Crippen LogP contribution in [0.5, 0.6) is 0 Å². The highest BCUT2D eigenvalue weighted by Gasteiger charge is 2.46. The first-order chi connectivity index (χ1) is 14.0. The van der Waals surface area contributed by atoms with Gasteiger partial charge >= 0.3 is 0 Å². The monoisotopic (exact) mass is 445 g/mol. The molecule has 0 N–H and O–H groups in total. The molecule has 1 saturated heterocycles. The van der Waals surface area contributed by atoms with E-state index in [1.165, 1.54) is 11.8 Å². The van der Waals surface area contributed by atoms with E-state index < -0.39 is 10.0 Å². The van der Waals surface area contributed by atoms with Crippen LogP contribution in [-0.4, -0.2) is 58.0 Å². The molecule has 0 radical (unpaired) electrons. The van der Waals surface area contributed by atoms with Gasteiger partial charge in [-0.05, 0) is 5.56 Å². The van der Waals surface area contributed by atoms with Crippen molar-refractivity contribution in [1.82, 2.24) is 24.2 Å². The number of halogens is 1. The molecule has 1 fully saturated rings. The van der Waals surface area contributed by atoms with Gasteiger partial charge in [-0.1, -0.05) is 65.9 Å². The van der Waals surface area contributed by atoms with Crippen LogP contribution >= 0.6 is 12.4 Å². The molecule has 2 aliphatic heterocycles. The van der Waals surface area contributed by atoms with E-state index in [-0.39, 0.29) is 24.5 Å². The third kappa shape index (κ3) is 3.76. The lowest BCUT2D eigenvalue weighted by Gasteiger charge is -2.35. The van der Waals surface area contributed by atoms with Crippen LogP contribution in [0, 0.1) is 0 Å². The van der Waals surface area contributed by atoms with Gasteiger partial charge in [0.25, 0.3) is 0 Å². The summed E-state index contributed by atoms with van der Waals surface area (Å²) >= 11 is 0. The maximum Gasteiger partial charge on any atom is 0.211 e. The van der Waals surface area contributed by atoms with Gasteiger partial charge in [0.05, 0.1) is 30.6 Å². The highest BCUT2D eigenvalue weighted by Crippen LogP contribution is 2.37. The topological polar surface area (TPSA) is 71.3 Å². The van der Waals surface area contributed by atoms with E-state index >= 15 is 0 Å².